The van der Waals surface area contributed by atoms with E-state index in [-0.39, 0.29) is 5.78 Å². The quantitative estimate of drug-likeness (QED) is 0.288. The van der Waals surface area contributed by atoms with E-state index in [1.165, 1.54) is 18.7 Å². The van der Waals surface area contributed by atoms with Crippen molar-refractivity contribution < 1.29 is 9.53 Å². The highest BCUT2D eigenvalue weighted by Gasteiger charge is 2.18. The lowest BCUT2D eigenvalue weighted by Crippen LogP contribution is -2.08. The molecule has 146 valence electrons. The van der Waals surface area contributed by atoms with E-state index >= 15 is 0 Å². The molecular formula is C20H18N6O2S. The van der Waals surface area contributed by atoms with E-state index in [1.807, 2.05) is 37.4 Å². The van der Waals surface area contributed by atoms with E-state index in [2.05, 4.69) is 25.4 Å². The van der Waals surface area contributed by atoms with Crippen LogP contribution in [0.15, 0.2) is 53.8 Å². The molecule has 0 amide bonds. The molecule has 0 atom stereocenters. The molecule has 1 aromatic carbocycles. The lowest BCUT2D eigenvalue weighted by molar-refractivity contribution is 0.101. The highest BCUT2D eigenvalue weighted by molar-refractivity contribution is 7.98. The number of ether oxygens (including phenoxy) is 1. The summed E-state index contributed by atoms with van der Waals surface area (Å²) in [7, 11) is 0. The molecular weight excluding hydrogens is 388 g/mol. The van der Waals surface area contributed by atoms with Gasteiger partial charge in [0, 0.05) is 18.1 Å². The van der Waals surface area contributed by atoms with E-state index in [4.69, 9.17) is 4.74 Å². The first-order valence-electron chi connectivity index (χ1n) is 8.82. The molecule has 29 heavy (non-hydrogen) atoms. The van der Waals surface area contributed by atoms with Crippen molar-refractivity contribution in [3.05, 3.63) is 60.0 Å². The van der Waals surface area contributed by atoms with Crippen molar-refractivity contribution in [2.24, 2.45) is 0 Å². The van der Waals surface area contributed by atoms with Gasteiger partial charge in [-0.1, -0.05) is 0 Å². The summed E-state index contributed by atoms with van der Waals surface area (Å²) >= 11 is 1.42. The minimum Gasteiger partial charge on any atom is -0.457 e. The summed E-state index contributed by atoms with van der Waals surface area (Å²) in [5, 5.41) is 8.26. The van der Waals surface area contributed by atoms with Gasteiger partial charge >= 0.3 is 0 Å². The second-order valence-electron chi connectivity index (χ2n) is 6.22. The number of pyridine rings is 1. The summed E-state index contributed by atoms with van der Waals surface area (Å²) in [4.78, 5) is 24.9. The van der Waals surface area contributed by atoms with Gasteiger partial charge < -0.3 is 10.1 Å². The maximum atomic E-state index is 12.0. The lowest BCUT2D eigenvalue weighted by Gasteiger charge is -2.07. The summed E-state index contributed by atoms with van der Waals surface area (Å²) in [5.74, 6) is 2.22. The maximum Gasteiger partial charge on any atom is 0.255 e. The molecule has 0 aliphatic carbocycles. The average molecular weight is 406 g/mol. The maximum absolute atomic E-state index is 12.0. The normalized spacial score (nSPS) is 10.9. The lowest BCUT2D eigenvalue weighted by atomic mass is 10.2. The highest BCUT2D eigenvalue weighted by Crippen LogP contribution is 2.25. The molecule has 4 rings (SSSR count). The van der Waals surface area contributed by atoms with Gasteiger partial charge in [-0.2, -0.15) is 9.50 Å². The van der Waals surface area contributed by atoms with Crippen LogP contribution in [0.1, 0.15) is 23.0 Å². The van der Waals surface area contributed by atoms with Crippen LogP contribution in [0, 0.1) is 6.92 Å². The van der Waals surface area contributed by atoms with Gasteiger partial charge in [-0.05, 0) is 56.5 Å². The summed E-state index contributed by atoms with van der Waals surface area (Å²) in [6.45, 7) is 3.37. The largest absolute Gasteiger partial charge is 0.457 e. The molecule has 0 aliphatic heterocycles. The number of benzene rings is 1. The number of hydrogen-bond acceptors (Lipinski definition) is 8. The predicted octanol–water partition coefficient (Wildman–Crippen LogP) is 4.29. The van der Waals surface area contributed by atoms with Crippen LogP contribution >= 0.6 is 11.8 Å². The Balaban J connectivity index is 1.58. The fourth-order valence-corrected chi connectivity index (χ4v) is 3.56. The highest BCUT2D eigenvalue weighted by atomic mass is 32.2. The van der Waals surface area contributed by atoms with Gasteiger partial charge in [0.2, 0.25) is 5.95 Å². The number of carbonyl (C=O) groups is 1. The summed E-state index contributed by atoms with van der Waals surface area (Å²) in [5.41, 5.74) is 2.09. The number of nitrogens with one attached hydrogen (secondary N) is 1. The van der Waals surface area contributed by atoms with Crippen molar-refractivity contribution in [1.29, 1.82) is 0 Å². The zero-order valence-corrected chi connectivity index (χ0v) is 16.9. The van der Waals surface area contributed by atoms with Crippen LogP contribution in [-0.2, 0) is 0 Å². The van der Waals surface area contributed by atoms with Gasteiger partial charge in [-0.15, -0.1) is 16.9 Å². The van der Waals surface area contributed by atoms with E-state index in [0.717, 1.165) is 11.4 Å². The average Bonchev–Trinajstić information content (AvgIpc) is 3.12. The first kappa shape index (κ1) is 18.9. The summed E-state index contributed by atoms with van der Waals surface area (Å²) in [6, 6.07) is 11.0. The molecule has 0 saturated carbocycles. The van der Waals surface area contributed by atoms with E-state index < -0.39 is 0 Å². The molecule has 1 N–H and O–H groups in total. The van der Waals surface area contributed by atoms with Crippen molar-refractivity contribution in [2.45, 2.75) is 18.9 Å². The second kappa shape index (κ2) is 7.88. The number of fused-ring (bicyclic) bond motifs is 1. The standard InChI is InChI=1S/C20H18N6O2S/c1-12-17(13(2)27)18(29-3)23-20-24-19(25-26(12)20)22-14-4-6-15(7-5-14)28-16-8-10-21-11-9-16/h4-11H,1-3H3,(H,22,25). The van der Waals surface area contributed by atoms with Crippen LogP contribution in [0.5, 0.6) is 11.5 Å². The number of Topliss-reactive ketones (excluding diaryl/α,β-unsaturated/α-hetero) is 1. The topological polar surface area (TPSA) is 94.3 Å². The Labute approximate surface area is 171 Å². The van der Waals surface area contributed by atoms with Crippen molar-refractivity contribution in [3.63, 3.8) is 0 Å². The Morgan fingerprint density at radius 1 is 1.07 bits per heavy atom. The van der Waals surface area contributed by atoms with Crippen molar-refractivity contribution in [3.8, 4) is 11.5 Å². The Hall–Kier alpha value is -3.46. The molecule has 8 nitrogen and oxygen atoms in total. The van der Waals surface area contributed by atoms with Crippen LogP contribution in [0.25, 0.3) is 5.78 Å². The van der Waals surface area contributed by atoms with Crippen LogP contribution in [-0.4, -0.2) is 36.6 Å². The molecule has 0 saturated heterocycles. The SMILES string of the molecule is CSc1nc2nc(Nc3ccc(Oc4ccncc4)cc3)nn2c(C)c1C(C)=O. The molecule has 9 heteroatoms. The van der Waals surface area contributed by atoms with Crippen LogP contribution in [0.2, 0.25) is 0 Å². The Bertz CT molecular complexity index is 1180. The smallest absolute Gasteiger partial charge is 0.255 e. The number of ketones is 1. The molecule has 3 heterocycles. The first-order chi connectivity index (χ1) is 14.0. The zero-order chi connectivity index (χ0) is 20.4. The number of anilines is 2. The van der Waals surface area contributed by atoms with Gasteiger partial charge in [0.05, 0.1) is 11.3 Å². The van der Waals surface area contributed by atoms with Crippen molar-refractivity contribution in [2.75, 3.05) is 11.6 Å². The van der Waals surface area contributed by atoms with Crippen LogP contribution in [0.4, 0.5) is 11.6 Å². The predicted molar refractivity (Wildman–Crippen MR) is 111 cm³/mol. The molecule has 0 unspecified atom stereocenters. The third-order valence-corrected chi connectivity index (χ3v) is 4.91. The van der Waals surface area contributed by atoms with Crippen LogP contribution in [0.3, 0.4) is 0 Å². The Morgan fingerprint density at radius 2 is 1.76 bits per heavy atom. The Morgan fingerprint density at radius 3 is 2.41 bits per heavy atom. The molecule has 4 aromatic rings. The number of rotatable bonds is 6. The minimum absolute atomic E-state index is 0.0453. The van der Waals surface area contributed by atoms with E-state index in [9.17, 15) is 4.79 Å². The number of aromatic nitrogens is 5. The number of nitrogens with zero attached hydrogens (tertiary/aromatic N) is 5. The number of thioether (sulfide) groups is 1. The zero-order valence-electron chi connectivity index (χ0n) is 16.1. The third kappa shape index (κ3) is 3.90. The monoisotopic (exact) mass is 406 g/mol. The number of carbonyl (C=O) groups excluding carboxylic acids is 1. The van der Waals surface area contributed by atoms with Crippen molar-refractivity contribution >= 4 is 35.0 Å². The first-order valence-corrected chi connectivity index (χ1v) is 10.0. The molecule has 0 spiro atoms. The van der Waals surface area contributed by atoms with Crippen molar-refractivity contribution in [1.82, 2.24) is 24.6 Å². The Kier molecular flexibility index (Phi) is 5.13. The van der Waals surface area contributed by atoms with Gasteiger partial charge in [0.1, 0.15) is 16.5 Å². The van der Waals surface area contributed by atoms with E-state index in [0.29, 0.717) is 33.8 Å². The van der Waals surface area contributed by atoms with Gasteiger partial charge in [0.25, 0.3) is 5.78 Å². The van der Waals surface area contributed by atoms with Crippen LogP contribution < -0.4 is 10.1 Å². The molecule has 3 aromatic heterocycles. The minimum atomic E-state index is -0.0453. The summed E-state index contributed by atoms with van der Waals surface area (Å²) < 4.78 is 7.34. The third-order valence-electron chi connectivity index (χ3n) is 4.23. The second-order valence-corrected chi connectivity index (χ2v) is 7.01. The summed E-state index contributed by atoms with van der Waals surface area (Å²) in [6.07, 6.45) is 5.24. The van der Waals surface area contributed by atoms with Gasteiger partial charge in [-0.3, -0.25) is 9.78 Å². The molecule has 0 radical (unpaired) electrons. The van der Waals surface area contributed by atoms with Gasteiger partial charge in [0.15, 0.2) is 5.78 Å². The number of hydrogen-bond donors (Lipinski definition) is 1. The van der Waals surface area contributed by atoms with E-state index in [1.54, 1.807) is 29.0 Å². The molecule has 0 bridgehead atoms. The number of aryl methyl sites for hydroxylation is 1. The molecule has 0 aliphatic rings. The molecule has 0 fully saturated rings. The fourth-order valence-electron chi connectivity index (χ4n) is 2.89. The van der Waals surface area contributed by atoms with Gasteiger partial charge in [-0.25, -0.2) is 4.98 Å². The fraction of sp³-hybridized carbons (Fsp3) is 0.150.